The van der Waals surface area contributed by atoms with Crippen LogP contribution in [0, 0.1) is 0 Å². The monoisotopic (exact) mass is 218 g/mol. The quantitative estimate of drug-likeness (QED) is 0.615. The van der Waals surface area contributed by atoms with Crippen LogP contribution in [0.2, 0.25) is 0 Å². The molecule has 5 nitrogen and oxygen atoms in total. The standard InChI is InChI=1S/C10H22N2O3/c1-9(15-3)10(13)12(6-4-5-11)7-8-14-2/h9H,4-8,11H2,1-3H3. The zero-order valence-electron chi connectivity index (χ0n) is 9.86. The number of amides is 1. The molecule has 0 aromatic heterocycles. The van der Waals surface area contributed by atoms with Crippen LogP contribution < -0.4 is 5.73 Å². The summed E-state index contributed by atoms with van der Waals surface area (Å²) in [7, 11) is 3.14. The lowest BCUT2D eigenvalue weighted by molar-refractivity contribution is -0.141. The van der Waals surface area contributed by atoms with Crippen molar-refractivity contribution in [3.05, 3.63) is 0 Å². The number of nitrogens with two attached hydrogens (primary N) is 1. The van der Waals surface area contributed by atoms with Crippen LogP contribution in [0.5, 0.6) is 0 Å². The minimum Gasteiger partial charge on any atom is -0.383 e. The molecule has 0 heterocycles. The van der Waals surface area contributed by atoms with E-state index in [0.717, 1.165) is 6.42 Å². The number of rotatable bonds is 8. The number of nitrogens with zero attached hydrogens (tertiary/aromatic N) is 1. The molecule has 1 amide bonds. The predicted octanol–water partition coefficient (Wildman–Crippen LogP) is -0.155. The summed E-state index contributed by atoms with van der Waals surface area (Å²) in [5.41, 5.74) is 5.41. The maximum atomic E-state index is 11.8. The molecule has 0 fully saturated rings. The Bertz CT molecular complexity index is 168. The highest BCUT2D eigenvalue weighted by atomic mass is 16.5. The number of hydrogen-bond donors (Lipinski definition) is 1. The predicted molar refractivity (Wildman–Crippen MR) is 58.6 cm³/mol. The van der Waals surface area contributed by atoms with E-state index in [1.54, 1.807) is 18.9 Å². The maximum Gasteiger partial charge on any atom is 0.251 e. The van der Waals surface area contributed by atoms with Crippen molar-refractivity contribution in [2.75, 3.05) is 40.5 Å². The van der Waals surface area contributed by atoms with Gasteiger partial charge in [0.05, 0.1) is 6.61 Å². The molecular formula is C10H22N2O3. The lowest BCUT2D eigenvalue weighted by Crippen LogP contribution is -2.41. The van der Waals surface area contributed by atoms with Gasteiger partial charge in [0.15, 0.2) is 0 Å². The summed E-state index contributed by atoms with van der Waals surface area (Å²) in [6.07, 6.45) is 0.394. The third-order valence-corrected chi connectivity index (χ3v) is 2.21. The molecule has 0 rings (SSSR count). The van der Waals surface area contributed by atoms with E-state index >= 15 is 0 Å². The Hall–Kier alpha value is -0.650. The van der Waals surface area contributed by atoms with Crippen molar-refractivity contribution in [1.82, 2.24) is 4.90 Å². The van der Waals surface area contributed by atoms with E-state index in [1.807, 2.05) is 0 Å². The molecule has 0 aromatic carbocycles. The SMILES string of the molecule is COCCN(CCCN)C(=O)C(C)OC. The average Bonchev–Trinajstić information content (AvgIpc) is 2.27. The summed E-state index contributed by atoms with van der Waals surface area (Å²) in [5.74, 6) is -0.0111. The first-order chi connectivity index (χ1) is 7.17. The van der Waals surface area contributed by atoms with Crippen molar-refractivity contribution < 1.29 is 14.3 Å². The molecule has 2 N–H and O–H groups in total. The van der Waals surface area contributed by atoms with Gasteiger partial charge in [-0.15, -0.1) is 0 Å². The summed E-state index contributed by atoms with van der Waals surface area (Å²) in [6, 6.07) is 0. The molecule has 0 aliphatic carbocycles. The van der Waals surface area contributed by atoms with Gasteiger partial charge in [0.25, 0.3) is 5.91 Å². The normalized spacial score (nSPS) is 12.5. The van der Waals surface area contributed by atoms with Crippen LogP contribution in [0.4, 0.5) is 0 Å². The first-order valence-corrected chi connectivity index (χ1v) is 5.18. The molecule has 0 saturated carbocycles. The van der Waals surface area contributed by atoms with Crippen LogP contribution in [0.25, 0.3) is 0 Å². The first-order valence-electron chi connectivity index (χ1n) is 5.18. The van der Waals surface area contributed by atoms with Gasteiger partial charge in [0.1, 0.15) is 6.10 Å². The second-order valence-corrected chi connectivity index (χ2v) is 3.34. The van der Waals surface area contributed by atoms with Gasteiger partial charge in [0, 0.05) is 27.3 Å². The van der Waals surface area contributed by atoms with Crippen LogP contribution in [0.3, 0.4) is 0 Å². The summed E-state index contributed by atoms with van der Waals surface area (Å²) in [6.45, 7) is 4.10. The average molecular weight is 218 g/mol. The molecule has 0 bridgehead atoms. The second kappa shape index (κ2) is 8.64. The molecule has 0 aromatic rings. The van der Waals surface area contributed by atoms with E-state index < -0.39 is 6.10 Å². The van der Waals surface area contributed by atoms with Gasteiger partial charge >= 0.3 is 0 Å². The largest absolute Gasteiger partial charge is 0.383 e. The fourth-order valence-electron chi connectivity index (χ4n) is 1.17. The van der Waals surface area contributed by atoms with Gasteiger partial charge < -0.3 is 20.1 Å². The maximum absolute atomic E-state index is 11.8. The Morgan fingerprint density at radius 3 is 2.53 bits per heavy atom. The van der Waals surface area contributed by atoms with Gasteiger partial charge in [-0.25, -0.2) is 0 Å². The zero-order chi connectivity index (χ0) is 11.7. The third kappa shape index (κ3) is 5.71. The summed E-state index contributed by atoms with van der Waals surface area (Å²) >= 11 is 0. The third-order valence-electron chi connectivity index (χ3n) is 2.21. The smallest absolute Gasteiger partial charge is 0.251 e. The second-order valence-electron chi connectivity index (χ2n) is 3.34. The van der Waals surface area contributed by atoms with Crippen molar-refractivity contribution in [1.29, 1.82) is 0 Å². The van der Waals surface area contributed by atoms with Gasteiger partial charge in [-0.05, 0) is 19.9 Å². The summed E-state index contributed by atoms with van der Waals surface area (Å²) in [4.78, 5) is 13.5. The fraction of sp³-hybridized carbons (Fsp3) is 0.900. The molecule has 15 heavy (non-hydrogen) atoms. The minimum absolute atomic E-state index is 0.0111. The van der Waals surface area contributed by atoms with Crippen molar-refractivity contribution in [2.24, 2.45) is 5.73 Å². The van der Waals surface area contributed by atoms with E-state index in [9.17, 15) is 4.79 Å². The molecule has 90 valence electrons. The van der Waals surface area contributed by atoms with Gasteiger partial charge in [0.2, 0.25) is 0 Å². The van der Waals surface area contributed by atoms with Crippen LogP contribution in [0.15, 0.2) is 0 Å². The number of hydrogen-bond acceptors (Lipinski definition) is 4. The molecular weight excluding hydrogens is 196 g/mol. The molecule has 1 atom stereocenters. The number of carbonyl (C=O) groups is 1. The Kier molecular flexibility index (Phi) is 8.27. The number of carbonyl (C=O) groups excluding carboxylic acids is 1. The highest BCUT2D eigenvalue weighted by molar-refractivity contribution is 5.80. The zero-order valence-corrected chi connectivity index (χ0v) is 9.86. The lowest BCUT2D eigenvalue weighted by atomic mass is 10.3. The molecule has 0 spiro atoms. The van der Waals surface area contributed by atoms with E-state index in [4.69, 9.17) is 15.2 Å². The molecule has 0 saturated heterocycles. The van der Waals surface area contributed by atoms with E-state index in [2.05, 4.69) is 0 Å². The van der Waals surface area contributed by atoms with Gasteiger partial charge in [-0.2, -0.15) is 0 Å². The van der Waals surface area contributed by atoms with Crippen molar-refractivity contribution in [2.45, 2.75) is 19.4 Å². The highest BCUT2D eigenvalue weighted by Gasteiger charge is 2.19. The highest BCUT2D eigenvalue weighted by Crippen LogP contribution is 1.99. The molecule has 0 aliphatic heterocycles. The molecule has 1 unspecified atom stereocenters. The van der Waals surface area contributed by atoms with Crippen LogP contribution in [0.1, 0.15) is 13.3 Å². The van der Waals surface area contributed by atoms with E-state index in [0.29, 0.717) is 26.2 Å². The Labute approximate surface area is 91.5 Å². The topological polar surface area (TPSA) is 64.8 Å². The summed E-state index contributed by atoms with van der Waals surface area (Å²) < 4.78 is 9.94. The van der Waals surface area contributed by atoms with Gasteiger partial charge in [-0.1, -0.05) is 0 Å². The Morgan fingerprint density at radius 1 is 1.40 bits per heavy atom. The Morgan fingerprint density at radius 2 is 2.07 bits per heavy atom. The van der Waals surface area contributed by atoms with Crippen LogP contribution in [-0.2, 0) is 14.3 Å². The first kappa shape index (κ1) is 14.3. The molecule has 5 heteroatoms. The van der Waals surface area contributed by atoms with E-state index in [-0.39, 0.29) is 5.91 Å². The molecule has 0 radical (unpaired) electrons. The van der Waals surface area contributed by atoms with Crippen LogP contribution in [-0.4, -0.2) is 57.4 Å². The van der Waals surface area contributed by atoms with Crippen molar-refractivity contribution in [3.8, 4) is 0 Å². The lowest BCUT2D eigenvalue weighted by Gasteiger charge is -2.24. The number of methoxy groups -OCH3 is 2. The fourth-order valence-corrected chi connectivity index (χ4v) is 1.17. The van der Waals surface area contributed by atoms with E-state index in [1.165, 1.54) is 7.11 Å². The minimum atomic E-state index is -0.403. The number of ether oxygens (including phenoxy) is 2. The summed E-state index contributed by atoms with van der Waals surface area (Å²) in [5, 5.41) is 0. The van der Waals surface area contributed by atoms with Gasteiger partial charge in [-0.3, -0.25) is 4.79 Å². The Balaban J connectivity index is 4.13. The van der Waals surface area contributed by atoms with Crippen LogP contribution >= 0.6 is 0 Å². The molecule has 0 aliphatic rings. The van der Waals surface area contributed by atoms with Crippen molar-refractivity contribution in [3.63, 3.8) is 0 Å². The van der Waals surface area contributed by atoms with Crippen molar-refractivity contribution >= 4 is 5.91 Å².